The van der Waals surface area contributed by atoms with Gasteiger partial charge < -0.3 is 11.1 Å². The molecule has 0 aliphatic heterocycles. The van der Waals surface area contributed by atoms with Crippen molar-refractivity contribution in [3.63, 3.8) is 0 Å². The van der Waals surface area contributed by atoms with Crippen molar-refractivity contribution in [3.8, 4) is 0 Å². The van der Waals surface area contributed by atoms with Crippen molar-refractivity contribution in [3.05, 3.63) is 65.2 Å². The van der Waals surface area contributed by atoms with Crippen molar-refractivity contribution < 1.29 is 13.6 Å². The number of carbonyl (C=O) groups excluding carboxylic acids is 1. The van der Waals surface area contributed by atoms with Gasteiger partial charge in [-0.3, -0.25) is 4.79 Å². The van der Waals surface area contributed by atoms with Gasteiger partial charge in [0.25, 0.3) is 5.91 Å². The summed E-state index contributed by atoms with van der Waals surface area (Å²) >= 11 is 0. The molecule has 2 aromatic rings. The summed E-state index contributed by atoms with van der Waals surface area (Å²) in [5.41, 5.74) is 6.46. The first kappa shape index (κ1) is 13.2. The molecule has 2 aromatic carbocycles. The van der Waals surface area contributed by atoms with Crippen LogP contribution in [0.15, 0.2) is 42.5 Å². The van der Waals surface area contributed by atoms with E-state index in [-0.39, 0.29) is 5.56 Å². The molecular weight excluding hydrogens is 250 g/mol. The van der Waals surface area contributed by atoms with E-state index < -0.39 is 17.5 Å². The fourth-order valence-electron chi connectivity index (χ4n) is 1.65. The standard InChI is InChI=1S/C14H12F2N2O/c15-10-4-5-13(16)12(7-10)14(19)18-11-3-1-2-9(6-11)8-17/h1-7H,8,17H2,(H,18,19). The quantitative estimate of drug-likeness (QED) is 0.893. The first-order valence-corrected chi connectivity index (χ1v) is 5.65. The van der Waals surface area contributed by atoms with Crippen molar-refractivity contribution in [2.45, 2.75) is 6.54 Å². The maximum atomic E-state index is 13.4. The molecule has 0 aliphatic carbocycles. The average Bonchev–Trinajstić information content (AvgIpc) is 2.41. The number of halogens is 2. The molecule has 1 amide bonds. The van der Waals surface area contributed by atoms with E-state index in [0.29, 0.717) is 12.2 Å². The third-order valence-electron chi connectivity index (χ3n) is 2.59. The minimum Gasteiger partial charge on any atom is -0.326 e. The van der Waals surface area contributed by atoms with Crippen LogP contribution in [0.2, 0.25) is 0 Å². The SMILES string of the molecule is NCc1cccc(NC(=O)c2cc(F)ccc2F)c1. The summed E-state index contributed by atoms with van der Waals surface area (Å²) in [6.45, 7) is 0.331. The third-order valence-corrected chi connectivity index (χ3v) is 2.59. The summed E-state index contributed by atoms with van der Waals surface area (Å²) in [6, 6.07) is 9.58. The second kappa shape index (κ2) is 5.58. The van der Waals surface area contributed by atoms with Gasteiger partial charge in [0.1, 0.15) is 11.6 Å². The molecule has 0 radical (unpaired) electrons. The minimum atomic E-state index is -0.770. The highest BCUT2D eigenvalue weighted by atomic mass is 19.1. The van der Waals surface area contributed by atoms with Gasteiger partial charge in [-0.1, -0.05) is 12.1 Å². The largest absolute Gasteiger partial charge is 0.326 e. The van der Waals surface area contributed by atoms with E-state index in [1.165, 1.54) is 0 Å². The second-order valence-corrected chi connectivity index (χ2v) is 3.98. The highest BCUT2D eigenvalue weighted by Crippen LogP contribution is 2.14. The van der Waals surface area contributed by atoms with Crippen molar-refractivity contribution in [2.75, 3.05) is 5.32 Å². The molecule has 0 bridgehead atoms. The Kier molecular flexibility index (Phi) is 3.87. The monoisotopic (exact) mass is 262 g/mol. The number of benzene rings is 2. The molecule has 0 aliphatic rings. The molecule has 0 heterocycles. The highest BCUT2D eigenvalue weighted by molar-refractivity contribution is 6.04. The van der Waals surface area contributed by atoms with Crippen LogP contribution in [0.25, 0.3) is 0 Å². The summed E-state index contributed by atoms with van der Waals surface area (Å²) in [6.07, 6.45) is 0. The number of amides is 1. The van der Waals surface area contributed by atoms with Crippen molar-refractivity contribution in [1.29, 1.82) is 0 Å². The van der Waals surface area contributed by atoms with E-state index in [4.69, 9.17) is 5.73 Å². The van der Waals surface area contributed by atoms with Gasteiger partial charge in [0.05, 0.1) is 5.56 Å². The zero-order valence-electron chi connectivity index (χ0n) is 9.99. The number of carbonyl (C=O) groups is 1. The van der Waals surface area contributed by atoms with Crippen LogP contribution in [-0.2, 0) is 6.54 Å². The lowest BCUT2D eigenvalue weighted by molar-refractivity contribution is 0.102. The molecule has 0 spiro atoms. The Bertz CT molecular complexity index is 614. The predicted molar refractivity (Wildman–Crippen MR) is 68.6 cm³/mol. The Morgan fingerprint density at radius 2 is 1.95 bits per heavy atom. The van der Waals surface area contributed by atoms with Crippen LogP contribution in [0.1, 0.15) is 15.9 Å². The number of nitrogens with two attached hydrogens (primary N) is 1. The Morgan fingerprint density at radius 3 is 2.68 bits per heavy atom. The molecule has 2 rings (SSSR count). The zero-order chi connectivity index (χ0) is 13.8. The molecule has 98 valence electrons. The highest BCUT2D eigenvalue weighted by Gasteiger charge is 2.13. The van der Waals surface area contributed by atoms with E-state index in [2.05, 4.69) is 5.32 Å². The maximum Gasteiger partial charge on any atom is 0.258 e. The van der Waals surface area contributed by atoms with E-state index in [9.17, 15) is 13.6 Å². The van der Waals surface area contributed by atoms with E-state index >= 15 is 0 Å². The number of nitrogens with one attached hydrogen (secondary N) is 1. The van der Waals surface area contributed by atoms with Crippen molar-refractivity contribution in [2.24, 2.45) is 5.73 Å². The molecule has 0 atom stereocenters. The van der Waals surface area contributed by atoms with Gasteiger partial charge in [-0.05, 0) is 35.9 Å². The minimum absolute atomic E-state index is 0.331. The van der Waals surface area contributed by atoms with E-state index in [0.717, 1.165) is 23.8 Å². The van der Waals surface area contributed by atoms with Crippen molar-refractivity contribution >= 4 is 11.6 Å². The zero-order valence-corrected chi connectivity index (χ0v) is 9.99. The van der Waals surface area contributed by atoms with Crippen LogP contribution >= 0.6 is 0 Å². The van der Waals surface area contributed by atoms with Crippen LogP contribution in [0.5, 0.6) is 0 Å². The average molecular weight is 262 g/mol. The molecule has 5 heteroatoms. The number of hydrogen-bond acceptors (Lipinski definition) is 2. The molecule has 0 aromatic heterocycles. The topological polar surface area (TPSA) is 55.1 Å². The van der Waals surface area contributed by atoms with Gasteiger partial charge >= 0.3 is 0 Å². The Hall–Kier alpha value is -2.27. The Balaban J connectivity index is 2.23. The Labute approximate surface area is 109 Å². The van der Waals surface area contributed by atoms with Crippen LogP contribution in [0.3, 0.4) is 0 Å². The lowest BCUT2D eigenvalue weighted by Crippen LogP contribution is -2.14. The van der Waals surface area contributed by atoms with E-state index in [1.54, 1.807) is 24.3 Å². The summed E-state index contributed by atoms with van der Waals surface area (Å²) in [5.74, 6) is -2.14. The van der Waals surface area contributed by atoms with Crippen LogP contribution < -0.4 is 11.1 Å². The fraction of sp³-hybridized carbons (Fsp3) is 0.0714. The number of rotatable bonds is 3. The van der Waals surface area contributed by atoms with Crippen molar-refractivity contribution in [1.82, 2.24) is 0 Å². The molecule has 0 saturated heterocycles. The molecule has 3 N–H and O–H groups in total. The van der Waals surface area contributed by atoms with E-state index in [1.807, 2.05) is 0 Å². The van der Waals surface area contributed by atoms with Gasteiger partial charge in [-0.15, -0.1) is 0 Å². The van der Waals surface area contributed by atoms with Crippen LogP contribution in [-0.4, -0.2) is 5.91 Å². The first-order valence-electron chi connectivity index (χ1n) is 5.65. The third kappa shape index (κ3) is 3.14. The lowest BCUT2D eigenvalue weighted by Gasteiger charge is -2.07. The predicted octanol–water partition coefficient (Wildman–Crippen LogP) is 2.68. The molecule has 3 nitrogen and oxygen atoms in total. The molecular formula is C14H12F2N2O. The van der Waals surface area contributed by atoms with Crippen LogP contribution in [0.4, 0.5) is 14.5 Å². The summed E-state index contributed by atoms with van der Waals surface area (Å²) in [7, 11) is 0. The van der Waals surface area contributed by atoms with Gasteiger partial charge in [-0.25, -0.2) is 8.78 Å². The molecule has 0 saturated carbocycles. The summed E-state index contributed by atoms with van der Waals surface area (Å²) in [4.78, 5) is 11.8. The van der Waals surface area contributed by atoms with Gasteiger partial charge in [0.15, 0.2) is 0 Å². The Morgan fingerprint density at radius 1 is 1.16 bits per heavy atom. The lowest BCUT2D eigenvalue weighted by atomic mass is 10.1. The first-order chi connectivity index (χ1) is 9.10. The van der Waals surface area contributed by atoms with Crippen LogP contribution in [0, 0.1) is 11.6 Å². The van der Waals surface area contributed by atoms with Gasteiger partial charge in [-0.2, -0.15) is 0 Å². The molecule has 0 unspecified atom stereocenters. The van der Waals surface area contributed by atoms with Gasteiger partial charge in [0, 0.05) is 12.2 Å². The summed E-state index contributed by atoms with van der Waals surface area (Å²) < 4.78 is 26.4. The normalized spacial score (nSPS) is 10.3. The summed E-state index contributed by atoms with van der Waals surface area (Å²) in [5, 5.41) is 2.50. The fourth-order valence-corrected chi connectivity index (χ4v) is 1.65. The number of anilines is 1. The molecule has 19 heavy (non-hydrogen) atoms. The van der Waals surface area contributed by atoms with Gasteiger partial charge in [0.2, 0.25) is 0 Å². The maximum absolute atomic E-state index is 13.4. The number of hydrogen-bond donors (Lipinski definition) is 2. The second-order valence-electron chi connectivity index (χ2n) is 3.98. The smallest absolute Gasteiger partial charge is 0.258 e. The molecule has 0 fully saturated rings.